The number of hydrogen-bond donors (Lipinski definition) is 1. The highest BCUT2D eigenvalue weighted by Gasteiger charge is 2.30. The lowest BCUT2D eigenvalue weighted by Crippen LogP contribution is -2.39. The largest absolute Gasteiger partial charge is 0.464 e. The Morgan fingerprint density at radius 1 is 1.29 bits per heavy atom. The molecule has 1 saturated heterocycles. The van der Waals surface area contributed by atoms with Crippen LogP contribution in [0.1, 0.15) is 45.4 Å². The van der Waals surface area contributed by atoms with Crippen LogP contribution < -0.4 is 4.72 Å². The fraction of sp³-hybridized carbons (Fsp3) is 0.909. The summed E-state index contributed by atoms with van der Waals surface area (Å²) >= 11 is 0. The first kappa shape index (κ1) is 14.4. The summed E-state index contributed by atoms with van der Waals surface area (Å²) in [6.45, 7) is 2.42. The second-order valence-corrected chi connectivity index (χ2v) is 6.23. The summed E-state index contributed by atoms with van der Waals surface area (Å²) in [5, 5.41) is 0. The van der Waals surface area contributed by atoms with E-state index in [0.717, 1.165) is 25.7 Å². The average Bonchev–Trinajstić information content (AvgIpc) is 2.63. The van der Waals surface area contributed by atoms with E-state index in [9.17, 15) is 13.2 Å². The number of nitrogens with one attached hydrogen (secondary N) is 1. The number of rotatable bonds is 8. The van der Waals surface area contributed by atoms with Crippen molar-refractivity contribution in [3.05, 3.63) is 0 Å². The Hall–Kier alpha value is -0.620. The summed E-state index contributed by atoms with van der Waals surface area (Å²) in [5.74, 6) is -0.361. The van der Waals surface area contributed by atoms with Gasteiger partial charge in [-0.15, -0.1) is 0 Å². The average molecular weight is 263 g/mol. The molecule has 0 amide bonds. The number of esters is 1. The first-order valence-electron chi connectivity index (χ1n) is 6.22. The van der Waals surface area contributed by atoms with Gasteiger partial charge in [-0.25, -0.2) is 13.1 Å². The van der Waals surface area contributed by atoms with Crippen LogP contribution in [0.4, 0.5) is 0 Å². The maximum atomic E-state index is 11.6. The second-order valence-electron chi connectivity index (χ2n) is 4.36. The number of hydrogen-bond acceptors (Lipinski definition) is 4. The Morgan fingerprint density at radius 2 is 2.00 bits per heavy atom. The second kappa shape index (κ2) is 6.96. The van der Waals surface area contributed by atoms with Crippen LogP contribution in [0.25, 0.3) is 0 Å². The zero-order valence-electron chi connectivity index (χ0n) is 10.3. The molecule has 1 rings (SSSR count). The minimum Gasteiger partial charge on any atom is -0.464 e. The van der Waals surface area contributed by atoms with E-state index in [1.165, 1.54) is 0 Å². The molecule has 100 valence electrons. The van der Waals surface area contributed by atoms with Crippen molar-refractivity contribution >= 4 is 16.0 Å². The number of carbonyl (C=O) groups excluding carboxylic acids is 1. The van der Waals surface area contributed by atoms with Gasteiger partial charge in [-0.2, -0.15) is 0 Å². The normalized spacial score (nSPS) is 20.5. The molecule has 0 aromatic heterocycles. The fourth-order valence-corrected chi connectivity index (χ4v) is 3.12. The molecule has 0 aliphatic carbocycles. The molecule has 0 saturated carbocycles. The first-order valence-corrected chi connectivity index (χ1v) is 7.87. The SMILES string of the molecule is CCCCCCCS(=O)(=O)NC1CCOC1=O. The molecule has 5 nitrogen and oxygen atoms in total. The molecule has 1 atom stereocenters. The number of carbonyl (C=O) groups is 1. The Labute approximate surface area is 103 Å². The number of ether oxygens (including phenoxy) is 1. The molecule has 6 heteroatoms. The Kier molecular flexibility index (Phi) is 5.91. The van der Waals surface area contributed by atoms with Gasteiger partial charge < -0.3 is 4.74 Å². The van der Waals surface area contributed by atoms with Crippen molar-refractivity contribution in [2.24, 2.45) is 0 Å². The predicted octanol–water partition coefficient (Wildman–Crippen LogP) is 1.19. The molecule has 1 aliphatic heterocycles. The van der Waals surface area contributed by atoms with E-state index in [1.807, 2.05) is 0 Å². The predicted molar refractivity (Wildman–Crippen MR) is 65.0 cm³/mol. The van der Waals surface area contributed by atoms with Crippen molar-refractivity contribution in [2.45, 2.75) is 51.5 Å². The minimum atomic E-state index is -3.34. The number of unbranched alkanes of at least 4 members (excludes halogenated alkanes) is 4. The van der Waals surface area contributed by atoms with Crippen molar-refractivity contribution in [3.63, 3.8) is 0 Å². The quantitative estimate of drug-likeness (QED) is 0.527. The van der Waals surface area contributed by atoms with Gasteiger partial charge in [0.2, 0.25) is 10.0 Å². The van der Waals surface area contributed by atoms with Gasteiger partial charge in [0.15, 0.2) is 0 Å². The number of sulfonamides is 1. The Bertz CT molecular complexity index is 339. The van der Waals surface area contributed by atoms with Crippen LogP contribution in [0.5, 0.6) is 0 Å². The summed E-state index contributed by atoms with van der Waals surface area (Å²) in [6.07, 6.45) is 5.35. The van der Waals surface area contributed by atoms with Crippen LogP contribution in [0.15, 0.2) is 0 Å². The van der Waals surface area contributed by atoms with E-state index in [0.29, 0.717) is 19.4 Å². The van der Waals surface area contributed by atoms with Crippen LogP contribution in [0.3, 0.4) is 0 Å². The van der Waals surface area contributed by atoms with Crippen LogP contribution in [0.2, 0.25) is 0 Å². The first-order chi connectivity index (χ1) is 8.05. The summed E-state index contributed by atoms with van der Waals surface area (Å²) in [7, 11) is -3.34. The van der Waals surface area contributed by atoms with Gasteiger partial charge in [0, 0.05) is 6.42 Å². The zero-order valence-corrected chi connectivity index (χ0v) is 11.1. The van der Waals surface area contributed by atoms with E-state index in [-0.39, 0.29) is 5.75 Å². The molecule has 1 N–H and O–H groups in total. The maximum Gasteiger partial charge on any atom is 0.324 e. The summed E-state index contributed by atoms with van der Waals surface area (Å²) in [5.41, 5.74) is 0. The van der Waals surface area contributed by atoms with E-state index < -0.39 is 22.0 Å². The van der Waals surface area contributed by atoms with E-state index >= 15 is 0 Å². The fourth-order valence-electron chi connectivity index (χ4n) is 1.77. The molecule has 0 bridgehead atoms. The monoisotopic (exact) mass is 263 g/mol. The van der Waals surface area contributed by atoms with E-state index in [1.54, 1.807) is 0 Å². The van der Waals surface area contributed by atoms with E-state index in [4.69, 9.17) is 4.74 Å². The van der Waals surface area contributed by atoms with Crippen molar-refractivity contribution < 1.29 is 17.9 Å². The van der Waals surface area contributed by atoms with Gasteiger partial charge in [-0.1, -0.05) is 32.6 Å². The third-order valence-corrected chi connectivity index (χ3v) is 4.24. The van der Waals surface area contributed by atoms with Gasteiger partial charge in [0.25, 0.3) is 0 Å². The van der Waals surface area contributed by atoms with Crippen molar-refractivity contribution in [1.82, 2.24) is 4.72 Å². The van der Waals surface area contributed by atoms with Crippen LogP contribution in [-0.4, -0.2) is 32.8 Å². The van der Waals surface area contributed by atoms with Gasteiger partial charge in [0.1, 0.15) is 6.04 Å². The summed E-state index contributed by atoms with van der Waals surface area (Å²) in [4.78, 5) is 11.1. The standard InChI is InChI=1S/C11H21NO4S/c1-2-3-4-5-6-9-17(14,15)12-10-7-8-16-11(10)13/h10,12H,2-9H2,1H3. The molecule has 1 heterocycles. The van der Waals surface area contributed by atoms with Crippen LogP contribution >= 0.6 is 0 Å². The van der Waals surface area contributed by atoms with E-state index in [2.05, 4.69) is 11.6 Å². The lowest BCUT2D eigenvalue weighted by atomic mass is 10.2. The lowest BCUT2D eigenvalue weighted by molar-refractivity contribution is -0.139. The molecule has 1 unspecified atom stereocenters. The number of cyclic esters (lactones) is 1. The van der Waals surface area contributed by atoms with Crippen molar-refractivity contribution in [2.75, 3.05) is 12.4 Å². The molecule has 1 aliphatic rings. The third kappa shape index (κ3) is 5.50. The van der Waals surface area contributed by atoms with Crippen LogP contribution in [0, 0.1) is 0 Å². The summed E-state index contributed by atoms with van der Waals surface area (Å²) in [6, 6.07) is -0.671. The topological polar surface area (TPSA) is 72.5 Å². The highest BCUT2D eigenvalue weighted by molar-refractivity contribution is 7.89. The molecule has 1 fully saturated rings. The highest BCUT2D eigenvalue weighted by atomic mass is 32.2. The minimum absolute atomic E-state index is 0.0977. The Balaban J connectivity index is 2.23. The Morgan fingerprint density at radius 3 is 2.59 bits per heavy atom. The van der Waals surface area contributed by atoms with Crippen molar-refractivity contribution in [3.8, 4) is 0 Å². The van der Waals surface area contributed by atoms with Crippen LogP contribution in [-0.2, 0) is 19.6 Å². The highest BCUT2D eigenvalue weighted by Crippen LogP contribution is 2.09. The van der Waals surface area contributed by atoms with Crippen molar-refractivity contribution in [1.29, 1.82) is 0 Å². The molecule has 0 aromatic rings. The summed E-state index contributed by atoms with van der Waals surface area (Å²) < 4.78 is 30.4. The van der Waals surface area contributed by atoms with Gasteiger partial charge in [-0.05, 0) is 6.42 Å². The van der Waals surface area contributed by atoms with Gasteiger partial charge in [0.05, 0.1) is 12.4 Å². The molecule has 0 spiro atoms. The zero-order chi connectivity index (χ0) is 12.7. The molecule has 0 aromatic carbocycles. The van der Waals surface area contributed by atoms with Gasteiger partial charge in [-0.3, -0.25) is 4.79 Å². The lowest BCUT2D eigenvalue weighted by Gasteiger charge is -2.09. The third-order valence-electron chi connectivity index (χ3n) is 2.77. The smallest absolute Gasteiger partial charge is 0.324 e. The molecular formula is C11H21NO4S. The molecule has 0 radical (unpaired) electrons. The maximum absolute atomic E-state index is 11.6. The molecule has 17 heavy (non-hydrogen) atoms. The van der Waals surface area contributed by atoms with Gasteiger partial charge >= 0.3 is 5.97 Å². The molecular weight excluding hydrogens is 242 g/mol.